The highest BCUT2D eigenvalue weighted by Gasteiger charge is 2.57. The third kappa shape index (κ3) is 6.52. The van der Waals surface area contributed by atoms with Gasteiger partial charge < -0.3 is 28.6 Å². The van der Waals surface area contributed by atoms with Crippen LogP contribution in [-0.2, 0) is 18.8 Å². The average Bonchev–Trinajstić information content (AvgIpc) is 3.31. The van der Waals surface area contributed by atoms with Crippen molar-refractivity contribution in [3.8, 4) is 11.5 Å². The van der Waals surface area contributed by atoms with Crippen LogP contribution in [0.4, 0.5) is 11.4 Å². The molecule has 256 valence electrons. The van der Waals surface area contributed by atoms with Crippen LogP contribution in [0.15, 0.2) is 58.6 Å². The topological polar surface area (TPSA) is 106 Å². The summed E-state index contributed by atoms with van der Waals surface area (Å²) in [7, 11) is -2.73. The quantitative estimate of drug-likeness (QED) is 0.0922. The van der Waals surface area contributed by atoms with Crippen LogP contribution in [0.3, 0.4) is 0 Å². The van der Waals surface area contributed by atoms with Gasteiger partial charge in [-0.05, 0) is 84.2 Å². The molecule has 0 saturated carbocycles. The third-order valence-electron chi connectivity index (χ3n) is 8.66. The number of carbonyl (C=O) groups excluding carboxylic acids is 1. The van der Waals surface area contributed by atoms with Gasteiger partial charge in [0.05, 0.1) is 6.21 Å². The van der Waals surface area contributed by atoms with Crippen LogP contribution >= 0.6 is 0 Å². The number of hydrazone groups is 1. The van der Waals surface area contributed by atoms with Crippen LogP contribution in [0.25, 0.3) is 0 Å². The standard InChI is InChI=1S/C37H49N5O5Si/c1-8-39-32-24-34-30(22-26(32)6)37(31-23-27(7)33(40-9-2)25-35(31)47-34)29-17-14-13-16-28(29)36(43)42(37)41-20-19-38-18-15-21-48(44-10-3,45-11-4)46-12-5/h13-14,16-17,19-20,22-25,39-40H,8-12,15,18,21H2,1-7H3/b38-19?,41-20+. The van der Waals surface area contributed by atoms with E-state index in [2.05, 4.69) is 55.5 Å². The zero-order chi connectivity index (χ0) is 34.3. The Balaban J connectivity index is 1.56. The predicted molar refractivity (Wildman–Crippen MR) is 195 cm³/mol. The Morgan fingerprint density at radius 1 is 0.812 bits per heavy atom. The van der Waals surface area contributed by atoms with E-state index in [9.17, 15) is 4.79 Å². The molecular weight excluding hydrogens is 623 g/mol. The molecule has 48 heavy (non-hydrogen) atoms. The summed E-state index contributed by atoms with van der Waals surface area (Å²) in [5.74, 6) is 1.18. The van der Waals surface area contributed by atoms with Crippen molar-refractivity contribution in [1.82, 2.24) is 5.01 Å². The normalized spacial score (nSPS) is 14.8. The lowest BCUT2D eigenvalue weighted by Crippen LogP contribution is -2.46. The fourth-order valence-electron chi connectivity index (χ4n) is 6.77. The number of nitrogens with zero attached hydrogens (tertiary/aromatic N) is 3. The van der Waals surface area contributed by atoms with E-state index >= 15 is 0 Å². The molecule has 0 bridgehead atoms. The molecule has 0 radical (unpaired) electrons. The van der Waals surface area contributed by atoms with Crippen LogP contribution in [0.5, 0.6) is 11.5 Å². The molecule has 11 heteroatoms. The largest absolute Gasteiger partial charge is 0.500 e. The molecule has 2 aliphatic rings. The minimum Gasteiger partial charge on any atom is -0.456 e. The highest BCUT2D eigenvalue weighted by molar-refractivity contribution is 6.60. The molecule has 5 rings (SSSR count). The highest BCUT2D eigenvalue weighted by Crippen LogP contribution is 2.58. The minimum atomic E-state index is -2.73. The number of aryl methyl sites for hydroxylation is 2. The first kappa shape index (κ1) is 35.3. The van der Waals surface area contributed by atoms with Crippen LogP contribution < -0.4 is 15.4 Å². The van der Waals surface area contributed by atoms with Crippen molar-refractivity contribution in [3.05, 3.63) is 81.9 Å². The Kier molecular flexibility index (Phi) is 11.4. The lowest BCUT2D eigenvalue weighted by Gasteiger charge is -2.42. The fraction of sp³-hybridized carbons (Fsp3) is 0.432. The summed E-state index contributed by atoms with van der Waals surface area (Å²) in [6.45, 7) is 17.9. The summed E-state index contributed by atoms with van der Waals surface area (Å²) in [6, 6.07) is 16.8. The number of nitrogens with one attached hydrogen (secondary N) is 2. The van der Waals surface area contributed by atoms with Gasteiger partial charge in [0.15, 0.2) is 0 Å². The van der Waals surface area contributed by atoms with Crippen molar-refractivity contribution in [2.45, 2.75) is 66.5 Å². The molecule has 0 unspecified atom stereocenters. The second-order valence-electron chi connectivity index (χ2n) is 11.8. The van der Waals surface area contributed by atoms with Gasteiger partial charge in [-0.2, -0.15) is 5.10 Å². The molecule has 3 aromatic carbocycles. The van der Waals surface area contributed by atoms with Crippen LogP contribution in [0.1, 0.15) is 79.2 Å². The second kappa shape index (κ2) is 15.5. The lowest BCUT2D eigenvalue weighted by molar-refractivity contribution is 0.0673. The average molecular weight is 672 g/mol. The Bertz CT molecular complexity index is 1600. The molecular formula is C37H49N5O5Si. The van der Waals surface area contributed by atoms with E-state index in [1.165, 1.54) is 0 Å². The van der Waals surface area contributed by atoms with E-state index < -0.39 is 14.3 Å². The van der Waals surface area contributed by atoms with E-state index in [4.69, 9.17) is 23.1 Å². The summed E-state index contributed by atoms with van der Waals surface area (Å²) in [5, 5.41) is 13.4. The zero-order valence-corrected chi connectivity index (χ0v) is 30.3. The van der Waals surface area contributed by atoms with E-state index in [0.29, 0.717) is 49.5 Å². The molecule has 10 nitrogen and oxygen atoms in total. The first-order valence-corrected chi connectivity index (χ1v) is 19.1. The number of aliphatic imine (C=N–C) groups is 1. The van der Waals surface area contributed by atoms with Gasteiger partial charge in [-0.1, -0.05) is 18.2 Å². The lowest BCUT2D eigenvalue weighted by atomic mass is 9.74. The van der Waals surface area contributed by atoms with Crippen LogP contribution in [0, 0.1) is 13.8 Å². The van der Waals surface area contributed by atoms with Crippen molar-refractivity contribution in [2.24, 2.45) is 10.1 Å². The molecule has 2 N–H and O–H groups in total. The smallest absolute Gasteiger partial charge is 0.456 e. The molecule has 2 aliphatic heterocycles. The first-order chi connectivity index (χ1) is 23.3. The van der Waals surface area contributed by atoms with Crippen LogP contribution in [-0.4, -0.2) is 71.6 Å². The Hall–Kier alpha value is -4.03. The number of hydrogen-bond donors (Lipinski definition) is 2. The first-order valence-electron chi connectivity index (χ1n) is 17.1. The van der Waals surface area contributed by atoms with Crippen LogP contribution in [0.2, 0.25) is 6.04 Å². The molecule has 1 amide bonds. The van der Waals surface area contributed by atoms with Crippen molar-refractivity contribution >= 4 is 38.5 Å². The number of hydrogen-bond acceptors (Lipinski definition) is 9. The van der Waals surface area contributed by atoms with E-state index in [0.717, 1.165) is 58.7 Å². The number of amides is 1. The van der Waals surface area contributed by atoms with Crippen molar-refractivity contribution in [2.75, 3.05) is 50.1 Å². The van der Waals surface area contributed by atoms with Gasteiger partial charge in [0, 0.05) is 97.5 Å². The molecule has 0 aliphatic carbocycles. The summed E-state index contributed by atoms with van der Waals surface area (Å²) in [5.41, 5.74) is 6.22. The van der Waals surface area contributed by atoms with Gasteiger partial charge in [-0.25, -0.2) is 5.01 Å². The van der Waals surface area contributed by atoms with Gasteiger partial charge in [0.25, 0.3) is 5.91 Å². The monoisotopic (exact) mass is 671 g/mol. The maximum Gasteiger partial charge on any atom is 0.500 e. The van der Waals surface area contributed by atoms with E-state index in [1.54, 1.807) is 17.4 Å². The van der Waals surface area contributed by atoms with E-state index in [1.807, 2.05) is 57.2 Å². The van der Waals surface area contributed by atoms with Crippen molar-refractivity contribution in [3.63, 3.8) is 0 Å². The number of benzene rings is 3. The van der Waals surface area contributed by atoms with E-state index in [-0.39, 0.29) is 5.91 Å². The summed E-state index contributed by atoms with van der Waals surface area (Å²) < 4.78 is 24.6. The van der Waals surface area contributed by atoms with Crippen molar-refractivity contribution in [1.29, 1.82) is 0 Å². The van der Waals surface area contributed by atoms with Gasteiger partial charge in [-0.3, -0.25) is 9.79 Å². The Morgan fingerprint density at radius 2 is 1.38 bits per heavy atom. The predicted octanol–water partition coefficient (Wildman–Crippen LogP) is 7.52. The molecule has 0 aromatic heterocycles. The Labute approximate surface area is 285 Å². The molecule has 3 aromatic rings. The number of anilines is 2. The number of rotatable bonds is 16. The summed E-state index contributed by atoms with van der Waals surface area (Å²) >= 11 is 0. The fourth-order valence-corrected chi connectivity index (χ4v) is 9.36. The number of fused-ring (bicyclic) bond motifs is 6. The number of ether oxygens (including phenoxy) is 1. The third-order valence-corrected chi connectivity index (χ3v) is 11.8. The number of carbonyl (C=O) groups is 1. The Morgan fingerprint density at radius 3 is 1.92 bits per heavy atom. The summed E-state index contributed by atoms with van der Waals surface area (Å²) in [4.78, 5) is 18.9. The SMILES string of the molecule is CCNc1cc2c(cc1C)C1(c3cc(C)c(NCC)cc3O2)c2ccccc2C(=O)N1/N=C/C=NCCC[Si](OCC)(OCC)OCC. The van der Waals surface area contributed by atoms with Gasteiger partial charge >= 0.3 is 8.80 Å². The second-order valence-corrected chi connectivity index (χ2v) is 14.5. The van der Waals surface area contributed by atoms with Gasteiger partial charge in [0.1, 0.15) is 17.0 Å². The molecule has 0 fully saturated rings. The highest BCUT2D eigenvalue weighted by atomic mass is 28.4. The molecule has 1 spiro atoms. The van der Waals surface area contributed by atoms with Gasteiger partial charge in [-0.15, -0.1) is 0 Å². The summed E-state index contributed by atoms with van der Waals surface area (Å²) in [6.07, 6.45) is 4.02. The van der Waals surface area contributed by atoms with Gasteiger partial charge in [0.2, 0.25) is 0 Å². The maximum atomic E-state index is 14.3. The molecule has 2 heterocycles. The zero-order valence-electron chi connectivity index (χ0n) is 29.3. The van der Waals surface area contributed by atoms with Crippen molar-refractivity contribution < 1.29 is 22.8 Å². The molecule has 0 atom stereocenters. The minimum absolute atomic E-state index is 0.184. The maximum absolute atomic E-state index is 14.3. The molecule has 0 saturated heterocycles.